The first-order valence-corrected chi connectivity index (χ1v) is 5.51. The Morgan fingerprint density at radius 2 is 2.57 bits per heavy atom. The van der Waals surface area contributed by atoms with Gasteiger partial charge in [0.1, 0.15) is 0 Å². The summed E-state index contributed by atoms with van der Waals surface area (Å²) in [6, 6.07) is 0.532. The van der Waals surface area contributed by atoms with Crippen molar-refractivity contribution in [2.75, 3.05) is 13.1 Å². The Bertz CT molecular complexity index is 275. The van der Waals surface area contributed by atoms with E-state index in [0.29, 0.717) is 6.04 Å². The van der Waals surface area contributed by atoms with Crippen LogP contribution < -0.4 is 5.32 Å². The van der Waals surface area contributed by atoms with Crippen LogP contribution in [0.5, 0.6) is 0 Å². The zero-order chi connectivity index (χ0) is 9.80. The molecule has 0 amide bonds. The molecule has 4 nitrogen and oxygen atoms in total. The van der Waals surface area contributed by atoms with Gasteiger partial charge in [-0.2, -0.15) is 0 Å². The molecule has 0 aliphatic carbocycles. The fraction of sp³-hybridized carbons (Fsp3) is 0.800. The van der Waals surface area contributed by atoms with Gasteiger partial charge in [0, 0.05) is 6.54 Å². The van der Waals surface area contributed by atoms with E-state index in [2.05, 4.69) is 27.2 Å². The van der Waals surface area contributed by atoms with Crippen LogP contribution in [0.2, 0.25) is 0 Å². The predicted octanol–water partition coefficient (Wildman–Crippen LogP) is 1.16. The molecule has 0 aromatic carbocycles. The number of aryl methyl sites for hydroxylation is 1. The van der Waals surface area contributed by atoms with Crippen LogP contribution >= 0.6 is 0 Å². The number of unbranched alkanes of at least 4 members (excludes halogenated alkanes) is 1. The summed E-state index contributed by atoms with van der Waals surface area (Å²) in [5.41, 5.74) is 1.29. The summed E-state index contributed by atoms with van der Waals surface area (Å²) >= 11 is 0. The Labute approximate surface area is 84.7 Å². The van der Waals surface area contributed by atoms with E-state index in [1.807, 2.05) is 6.20 Å². The molecule has 2 heterocycles. The van der Waals surface area contributed by atoms with Crippen molar-refractivity contribution in [3.8, 4) is 0 Å². The minimum absolute atomic E-state index is 0.532. The molecule has 0 spiro atoms. The van der Waals surface area contributed by atoms with Crippen molar-refractivity contribution < 1.29 is 0 Å². The fourth-order valence-corrected chi connectivity index (χ4v) is 1.96. The Morgan fingerprint density at radius 3 is 3.29 bits per heavy atom. The first-order valence-electron chi connectivity index (χ1n) is 5.51. The lowest BCUT2D eigenvalue weighted by Gasteiger charge is -2.11. The summed E-state index contributed by atoms with van der Waals surface area (Å²) in [5, 5.41) is 11.5. The van der Waals surface area contributed by atoms with Gasteiger partial charge in [-0.25, -0.2) is 4.68 Å². The molecular weight excluding hydrogens is 176 g/mol. The first kappa shape index (κ1) is 9.65. The molecule has 78 valence electrons. The van der Waals surface area contributed by atoms with E-state index in [1.165, 1.54) is 25.0 Å². The van der Waals surface area contributed by atoms with Gasteiger partial charge < -0.3 is 5.32 Å². The summed E-state index contributed by atoms with van der Waals surface area (Å²) in [6.45, 7) is 4.37. The molecule has 1 aromatic heterocycles. The Balaban J connectivity index is 2.04. The minimum atomic E-state index is 0.532. The van der Waals surface area contributed by atoms with Gasteiger partial charge in [0.15, 0.2) is 0 Å². The lowest BCUT2D eigenvalue weighted by Crippen LogP contribution is -2.16. The van der Waals surface area contributed by atoms with Crippen LogP contribution in [-0.4, -0.2) is 28.1 Å². The van der Waals surface area contributed by atoms with E-state index in [0.717, 1.165) is 19.5 Å². The van der Waals surface area contributed by atoms with Crippen LogP contribution in [0.4, 0.5) is 0 Å². The zero-order valence-electron chi connectivity index (χ0n) is 8.74. The van der Waals surface area contributed by atoms with Gasteiger partial charge in [0.25, 0.3) is 0 Å². The van der Waals surface area contributed by atoms with Gasteiger partial charge in [-0.3, -0.25) is 0 Å². The lowest BCUT2D eigenvalue weighted by molar-refractivity contribution is 0.456. The Kier molecular flexibility index (Phi) is 3.14. The van der Waals surface area contributed by atoms with Crippen molar-refractivity contribution in [3.05, 3.63) is 11.9 Å². The normalized spacial score (nSPS) is 21.6. The molecule has 2 rings (SSSR count). The van der Waals surface area contributed by atoms with Crippen LogP contribution in [0.15, 0.2) is 6.20 Å². The van der Waals surface area contributed by atoms with Gasteiger partial charge >= 0.3 is 0 Å². The number of hydrogen-bond donors (Lipinski definition) is 1. The van der Waals surface area contributed by atoms with E-state index in [4.69, 9.17) is 0 Å². The Hall–Kier alpha value is -0.900. The number of hydrogen-bond acceptors (Lipinski definition) is 3. The highest BCUT2D eigenvalue weighted by Crippen LogP contribution is 2.16. The molecule has 1 unspecified atom stereocenters. The summed E-state index contributed by atoms with van der Waals surface area (Å²) < 4.78 is 2.11. The highest BCUT2D eigenvalue weighted by Gasteiger charge is 2.19. The van der Waals surface area contributed by atoms with Gasteiger partial charge in [-0.05, 0) is 25.8 Å². The standard InChI is InChI=1S/C10H18N4/c1-2-3-4-9-8-12-13-14(9)10-5-6-11-7-10/h8,10-11H,2-7H2,1H3. The van der Waals surface area contributed by atoms with Crippen molar-refractivity contribution in [2.45, 2.75) is 38.6 Å². The second kappa shape index (κ2) is 4.55. The summed E-state index contributed by atoms with van der Waals surface area (Å²) in [5.74, 6) is 0. The molecular formula is C10H18N4. The molecule has 1 aliphatic heterocycles. The molecule has 0 bridgehead atoms. The Morgan fingerprint density at radius 1 is 1.64 bits per heavy atom. The van der Waals surface area contributed by atoms with Gasteiger partial charge in [0.2, 0.25) is 0 Å². The molecule has 1 atom stereocenters. The molecule has 1 fully saturated rings. The van der Waals surface area contributed by atoms with Crippen molar-refractivity contribution in [1.82, 2.24) is 20.3 Å². The molecule has 1 aromatic rings. The topological polar surface area (TPSA) is 42.7 Å². The SMILES string of the molecule is CCCCc1cnnn1C1CCNC1. The number of nitrogens with one attached hydrogen (secondary N) is 1. The van der Waals surface area contributed by atoms with Gasteiger partial charge in [-0.1, -0.05) is 18.6 Å². The number of aromatic nitrogens is 3. The average Bonchev–Trinajstić information content (AvgIpc) is 2.84. The maximum Gasteiger partial charge on any atom is 0.0725 e. The second-order valence-corrected chi connectivity index (χ2v) is 3.92. The van der Waals surface area contributed by atoms with Crippen molar-refractivity contribution in [3.63, 3.8) is 0 Å². The second-order valence-electron chi connectivity index (χ2n) is 3.92. The molecule has 0 radical (unpaired) electrons. The van der Waals surface area contributed by atoms with Crippen molar-refractivity contribution >= 4 is 0 Å². The van der Waals surface area contributed by atoms with Crippen LogP contribution in [0.25, 0.3) is 0 Å². The monoisotopic (exact) mass is 194 g/mol. The molecule has 1 N–H and O–H groups in total. The third kappa shape index (κ3) is 1.95. The highest BCUT2D eigenvalue weighted by molar-refractivity contribution is 4.97. The summed E-state index contributed by atoms with van der Waals surface area (Å²) in [4.78, 5) is 0. The predicted molar refractivity (Wildman–Crippen MR) is 55.2 cm³/mol. The van der Waals surface area contributed by atoms with E-state index in [9.17, 15) is 0 Å². The highest BCUT2D eigenvalue weighted by atomic mass is 15.4. The largest absolute Gasteiger partial charge is 0.315 e. The van der Waals surface area contributed by atoms with Gasteiger partial charge in [0.05, 0.1) is 17.9 Å². The molecule has 1 saturated heterocycles. The summed E-state index contributed by atoms with van der Waals surface area (Å²) in [6.07, 6.45) is 6.66. The van der Waals surface area contributed by atoms with Crippen molar-refractivity contribution in [2.24, 2.45) is 0 Å². The van der Waals surface area contributed by atoms with E-state index >= 15 is 0 Å². The van der Waals surface area contributed by atoms with Crippen LogP contribution in [0.1, 0.15) is 37.9 Å². The van der Waals surface area contributed by atoms with Crippen molar-refractivity contribution in [1.29, 1.82) is 0 Å². The van der Waals surface area contributed by atoms with E-state index in [1.54, 1.807) is 0 Å². The maximum atomic E-state index is 4.18. The summed E-state index contributed by atoms with van der Waals surface area (Å²) in [7, 11) is 0. The molecule has 4 heteroatoms. The molecule has 14 heavy (non-hydrogen) atoms. The third-order valence-electron chi connectivity index (χ3n) is 2.82. The smallest absolute Gasteiger partial charge is 0.0725 e. The van der Waals surface area contributed by atoms with Crippen LogP contribution in [-0.2, 0) is 6.42 Å². The third-order valence-corrected chi connectivity index (χ3v) is 2.82. The lowest BCUT2D eigenvalue weighted by atomic mass is 10.2. The number of rotatable bonds is 4. The van der Waals surface area contributed by atoms with E-state index < -0.39 is 0 Å². The zero-order valence-corrected chi connectivity index (χ0v) is 8.74. The average molecular weight is 194 g/mol. The van der Waals surface area contributed by atoms with Gasteiger partial charge in [-0.15, -0.1) is 5.10 Å². The molecule has 1 aliphatic rings. The van der Waals surface area contributed by atoms with E-state index in [-0.39, 0.29) is 0 Å². The number of nitrogens with zero attached hydrogens (tertiary/aromatic N) is 3. The molecule has 0 saturated carbocycles. The van der Waals surface area contributed by atoms with Crippen LogP contribution in [0.3, 0.4) is 0 Å². The maximum absolute atomic E-state index is 4.18. The quantitative estimate of drug-likeness (QED) is 0.782. The minimum Gasteiger partial charge on any atom is -0.315 e. The first-order chi connectivity index (χ1) is 6.92. The van der Waals surface area contributed by atoms with Crippen LogP contribution in [0, 0.1) is 0 Å². The fourth-order valence-electron chi connectivity index (χ4n) is 1.96.